The summed E-state index contributed by atoms with van der Waals surface area (Å²) in [4.78, 5) is 4.31. The lowest BCUT2D eigenvalue weighted by atomic mass is 10.3. The minimum atomic E-state index is 0.488. The normalized spacial score (nSPS) is 10.2. The Balaban J connectivity index is 1.93. The SMILES string of the molecule is NCc1csc(COc2ccccc2)n1. The number of hydrogen-bond acceptors (Lipinski definition) is 4. The molecule has 1 aromatic carbocycles. The lowest BCUT2D eigenvalue weighted by Gasteiger charge is -2.02. The molecule has 0 bridgehead atoms. The molecule has 0 radical (unpaired) electrons. The topological polar surface area (TPSA) is 48.1 Å². The van der Waals surface area contributed by atoms with Crippen molar-refractivity contribution >= 4 is 11.3 Å². The van der Waals surface area contributed by atoms with Gasteiger partial charge < -0.3 is 10.5 Å². The highest BCUT2D eigenvalue weighted by atomic mass is 32.1. The van der Waals surface area contributed by atoms with Crippen LogP contribution >= 0.6 is 11.3 Å². The Kier molecular flexibility index (Phi) is 3.32. The molecule has 0 saturated heterocycles. The van der Waals surface area contributed by atoms with Crippen LogP contribution in [0, 0.1) is 0 Å². The second-order valence-corrected chi connectivity index (χ2v) is 3.98. The summed E-state index contributed by atoms with van der Waals surface area (Å²) in [7, 11) is 0. The van der Waals surface area contributed by atoms with E-state index in [1.165, 1.54) is 0 Å². The molecule has 0 fully saturated rings. The van der Waals surface area contributed by atoms with Crippen LogP contribution in [0.4, 0.5) is 0 Å². The fraction of sp³-hybridized carbons (Fsp3) is 0.182. The largest absolute Gasteiger partial charge is 0.486 e. The van der Waals surface area contributed by atoms with Gasteiger partial charge in [0.15, 0.2) is 0 Å². The van der Waals surface area contributed by atoms with Crippen LogP contribution in [0.3, 0.4) is 0 Å². The van der Waals surface area contributed by atoms with Crippen molar-refractivity contribution in [2.45, 2.75) is 13.2 Å². The standard InChI is InChI=1S/C11H12N2OS/c12-6-9-8-15-11(13-9)7-14-10-4-2-1-3-5-10/h1-5,8H,6-7,12H2. The van der Waals surface area contributed by atoms with Crippen molar-refractivity contribution in [3.05, 3.63) is 46.4 Å². The van der Waals surface area contributed by atoms with Crippen molar-refractivity contribution in [2.75, 3.05) is 0 Å². The first-order valence-corrected chi connectivity index (χ1v) is 5.57. The summed E-state index contributed by atoms with van der Waals surface area (Å²) in [6.07, 6.45) is 0. The molecule has 15 heavy (non-hydrogen) atoms. The van der Waals surface area contributed by atoms with Gasteiger partial charge in [-0.05, 0) is 12.1 Å². The summed E-state index contributed by atoms with van der Waals surface area (Å²) in [5.74, 6) is 0.863. The molecule has 3 nitrogen and oxygen atoms in total. The van der Waals surface area contributed by atoms with E-state index in [0.717, 1.165) is 16.5 Å². The van der Waals surface area contributed by atoms with E-state index < -0.39 is 0 Å². The van der Waals surface area contributed by atoms with Crippen LogP contribution in [0.15, 0.2) is 35.7 Å². The smallest absolute Gasteiger partial charge is 0.140 e. The summed E-state index contributed by atoms with van der Waals surface area (Å²) in [6, 6.07) is 9.71. The highest BCUT2D eigenvalue weighted by Gasteiger charge is 2.01. The maximum Gasteiger partial charge on any atom is 0.140 e. The molecular formula is C11H12N2OS. The van der Waals surface area contributed by atoms with Crippen molar-refractivity contribution in [2.24, 2.45) is 5.73 Å². The molecule has 0 aliphatic heterocycles. The summed E-state index contributed by atoms with van der Waals surface area (Å²) in [5, 5.41) is 2.92. The van der Waals surface area contributed by atoms with Gasteiger partial charge in [-0.15, -0.1) is 11.3 Å². The Morgan fingerprint density at radius 1 is 1.27 bits per heavy atom. The fourth-order valence-electron chi connectivity index (χ4n) is 1.17. The number of para-hydroxylation sites is 1. The first-order valence-electron chi connectivity index (χ1n) is 4.69. The van der Waals surface area contributed by atoms with Crippen LogP contribution in [0.25, 0.3) is 0 Å². The van der Waals surface area contributed by atoms with Crippen LogP contribution in [-0.4, -0.2) is 4.98 Å². The third-order valence-corrected chi connectivity index (χ3v) is 2.79. The number of thiazole rings is 1. The van der Waals surface area contributed by atoms with E-state index in [1.54, 1.807) is 11.3 Å². The molecule has 0 atom stereocenters. The molecule has 0 aliphatic carbocycles. The average Bonchev–Trinajstić information content (AvgIpc) is 2.76. The van der Waals surface area contributed by atoms with Gasteiger partial charge in [0.05, 0.1) is 5.69 Å². The van der Waals surface area contributed by atoms with Crippen molar-refractivity contribution in [3.63, 3.8) is 0 Å². The van der Waals surface area contributed by atoms with Gasteiger partial charge in [-0.1, -0.05) is 18.2 Å². The van der Waals surface area contributed by atoms with Gasteiger partial charge in [-0.3, -0.25) is 0 Å². The van der Waals surface area contributed by atoms with Crippen LogP contribution in [0.2, 0.25) is 0 Å². The van der Waals surface area contributed by atoms with E-state index in [4.69, 9.17) is 10.5 Å². The molecule has 78 valence electrons. The molecule has 1 heterocycles. The van der Waals surface area contributed by atoms with Crippen molar-refractivity contribution in [1.29, 1.82) is 0 Å². The Hall–Kier alpha value is -1.39. The van der Waals surface area contributed by atoms with Crippen LogP contribution in [-0.2, 0) is 13.2 Å². The Bertz CT molecular complexity index is 414. The molecule has 0 unspecified atom stereocenters. The molecule has 0 aliphatic rings. The zero-order chi connectivity index (χ0) is 10.5. The van der Waals surface area contributed by atoms with Gasteiger partial charge in [0.1, 0.15) is 17.4 Å². The van der Waals surface area contributed by atoms with Gasteiger partial charge in [0.25, 0.3) is 0 Å². The Morgan fingerprint density at radius 2 is 2.07 bits per heavy atom. The van der Waals surface area contributed by atoms with E-state index in [1.807, 2.05) is 35.7 Å². The molecule has 1 aromatic heterocycles. The third-order valence-electron chi connectivity index (χ3n) is 1.91. The highest BCUT2D eigenvalue weighted by Crippen LogP contribution is 2.14. The predicted molar refractivity (Wildman–Crippen MR) is 60.8 cm³/mol. The second kappa shape index (κ2) is 4.91. The van der Waals surface area contributed by atoms with Crippen LogP contribution < -0.4 is 10.5 Å². The van der Waals surface area contributed by atoms with Gasteiger partial charge in [0.2, 0.25) is 0 Å². The van der Waals surface area contributed by atoms with E-state index in [9.17, 15) is 0 Å². The number of hydrogen-bond donors (Lipinski definition) is 1. The molecule has 0 amide bonds. The summed E-state index contributed by atoms with van der Waals surface area (Å²) < 4.78 is 5.56. The minimum absolute atomic E-state index is 0.488. The van der Waals surface area contributed by atoms with E-state index >= 15 is 0 Å². The lowest BCUT2D eigenvalue weighted by molar-refractivity contribution is 0.305. The molecule has 2 N–H and O–H groups in total. The zero-order valence-corrected chi connectivity index (χ0v) is 9.04. The van der Waals surface area contributed by atoms with Crippen LogP contribution in [0.5, 0.6) is 5.75 Å². The van der Waals surface area contributed by atoms with Crippen molar-refractivity contribution in [3.8, 4) is 5.75 Å². The summed E-state index contributed by atoms with van der Waals surface area (Å²) in [6.45, 7) is 0.997. The Morgan fingerprint density at radius 3 is 2.73 bits per heavy atom. The van der Waals surface area contributed by atoms with Gasteiger partial charge in [-0.25, -0.2) is 4.98 Å². The van der Waals surface area contributed by atoms with Crippen molar-refractivity contribution < 1.29 is 4.74 Å². The Labute approximate surface area is 92.5 Å². The fourth-order valence-corrected chi connectivity index (χ4v) is 1.89. The first-order chi connectivity index (χ1) is 7.38. The average molecular weight is 220 g/mol. The van der Waals surface area contributed by atoms with Crippen LogP contribution in [0.1, 0.15) is 10.7 Å². The van der Waals surface area contributed by atoms with Gasteiger partial charge in [-0.2, -0.15) is 0 Å². The van der Waals surface area contributed by atoms with E-state index in [2.05, 4.69) is 4.98 Å². The monoisotopic (exact) mass is 220 g/mol. The molecule has 2 rings (SSSR count). The van der Waals surface area contributed by atoms with E-state index in [-0.39, 0.29) is 0 Å². The molecule has 2 aromatic rings. The lowest BCUT2D eigenvalue weighted by Crippen LogP contribution is -1.98. The second-order valence-electron chi connectivity index (χ2n) is 3.04. The summed E-state index contributed by atoms with van der Waals surface area (Å²) >= 11 is 1.58. The molecule has 0 spiro atoms. The quantitative estimate of drug-likeness (QED) is 0.859. The van der Waals surface area contributed by atoms with E-state index in [0.29, 0.717) is 13.2 Å². The molecule has 4 heteroatoms. The zero-order valence-electron chi connectivity index (χ0n) is 8.22. The number of nitrogens with two attached hydrogens (primary N) is 1. The first kappa shape index (κ1) is 10.1. The number of nitrogens with zero attached hydrogens (tertiary/aromatic N) is 1. The number of rotatable bonds is 4. The van der Waals surface area contributed by atoms with Gasteiger partial charge in [0, 0.05) is 11.9 Å². The minimum Gasteiger partial charge on any atom is -0.486 e. The highest BCUT2D eigenvalue weighted by molar-refractivity contribution is 7.09. The molecule has 0 saturated carbocycles. The third kappa shape index (κ3) is 2.78. The molecular weight excluding hydrogens is 208 g/mol. The number of aromatic nitrogens is 1. The van der Waals surface area contributed by atoms with Crippen molar-refractivity contribution in [1.82, 2.24) is 4.98 Å². The summed E-state index contributed by atoms with van der Waals surface area (Å²) in [5.41, 5.74) is 6.40. The number of benzene rings is 1. The maximum absolute atomic E-state index is 5.56. The maximum atomic E-state index is 5.56. The number of ether oxygens (including phenoxy) is 1. The predicted octanol–water partition coefficient (Wildman–Crippen LogP) is 2.18. The van der Waals surface area contributed by atoms with Gasteiger partial charge >= 0.3 is 0 Å².